The molecule has 2 aromatic rings. The van der Waals surface area contributed by atoms with Gasteiger partial charge in [0.05, 0.1) is 12.8 Å². The molecule has 0 aliphatic rings. The fraction of sp³-hybridized carbons (Fsp3) is 0.357. The number of methoxy groups -OCH3 is 1. The molecule has 0 saturated carbocycles. The topological polar surface area (TPSA) is 85.4 Å². The van der Waals surface area contributed by atoms with Gasteiger partial charge in [0.15, 0.2) is 10.9 Å². The maximum atomic E-state index is 11.9. The van der Waals surface area contributed by atoms with Gasteiger partial charge in [-0.15, -0.1) is 10.2 Å². The van der Waals surface area contributed by atoms with Crippen LogP contribution < -0.4 is 15.4 Å². The summed E-state index contributed by atoms with van der Waals surface area (Å²) in [6, 6.07) is 7.34. The predicted molar refractivity (Wildman–Crippen MR) is 92.3 cm³/mol. The number of nitrogens with one attached hydrogen (secondary N) is 2. The first-order valence-corrected chi connectivity index (χ1v) is 9.01. The van der Waals surface area contributed by atoms with Gasteiger partial charge in [-0.1, -0.05) is 35.2 Å². The van der Waals surface area contributed by atoms with Gasteiger partial charge in [-0.25, -0.2) is 4.79 Å². The average Bonchev–Trinajstić information content (AvgIpc) is 3.04. The van der Waals surface area contributed by atoms with E-state index in [1.54, 1.807) is 7.11 Å². The number of nitrogens with zero attached hydrogens (tertiary/aromatic N) is 2. The fourth-order valence-corrected chi connectivity index (χ4v) is 3.36. The second kappa shape index (κ2) is 9.48. The van der Waals surface area contributed by atoms with Crippen LogP contribution in [0, 0.1) is 0 Å². The molecule has 12 heteroatoms. The molecule has 1 aromatic carbocycles. The number of ether oxygens (including phenoxy) is 2. The molecule has 1 heterocycles. The normalized spacial score (nSPS) is 11.1. The smallest absolute Gasteiger partial charge is 0.422 e. The van der Waals surface area contributed by atoms with E-state index in [0.29, 0.717) is 21.0 Å². The van der Waals surface area contributed by atoms with Gasteiger partial charge in [0, 0.05) is 12.3 Å². The minimum Gasteiger partial charge on any atom is -0.495 e. The van der Waals surface area contributed by atoms with Gasteiger partial charge in [-0.2, -0.15) is 13.2 Å². The molecule has 0 atom stereocenters. The number of carbonyl (C=O) groups is 1. The highest BCUT2D eigenvalue weighted by Crippen LogP contribution is 2.31. The number of hydrogen-bond acceptors (Lipinski definition) is 8. The number of alkyl carbamates (subject to hydrolysis) is 1. The van der Waals surface area contributed by atoms with Gasteiger partial charge >= 0.3 is 12.3 Å². The zero-order valence-electron chi connectivity index (χ0n) is 13.5. The van der Waals surface area contributed by atoms with Crippen LogP contribution in [0.15, 0.2) is 28.6 Å². The van der Waals surface area contributed by atoms with Crippen molar-refractivity contribution in [2.24, 2.45) is 0 Å². The number of rotatable bonds is 8. The third-order valence-electron chi connectivity index (χ3n) is 2.72. The van der Waals surface area contributed by atoms with E-state index >= 15 is 0 Å². The number of thioether (sulfide) groups is 1. The molecule has 142 valence electrons. The molecule has 2 rings (SSSR count). The van der Waals surface area contributed by atoms with Crippen LogP contribution in [0.3, 0.4) is 0 Å². The molecule has 1 aromatic heterocycles. The minimum atomic E-state index is -4.54. The van der Waals surface area contributed by atoms with Gasteiger partial charge < -0.3 is 20.1 Å². The quantitative estimate of drug-likeness (QED) is 0.509. The molecule has 0 aliphatic heterocycles. The molecule has 0 saturated heterocycles. The van der Waals surface area contributed by atoms with E-state index < -0.39 is 18.9 Å². The summed E-state index contributed by atoms with van der Waals surface area (Å²) < 4.78 is 45.6. The highest BCUT2D eigenvalue weighted by molar-refractivity contribution is 8.01. The summed E-state index contributed by atoms with van der Waals surface area (Å²) in [6.07, 6.45) is -5.65. The summed E-state index contributed by atoms with van der Waals surface area (Å²) in [5, 5.41) is 13.9. The third-order valence-corrected chi connectivity index (χ3v) is 4.69. The molecule has 26 heavy (non-hydrogen) atoms. The Balaban J connectivity index is 1.72. The lowest BCUT2D eigenvalue weighted by Gasteiger charge is -2.08. The number of anilines is 2. The van der Waals surface area contributed by atoms with E-state index in [-0.39, 0.29) is 6.54 Å². The van der Waals surface area contributed by atoms with E-state index in [4.69, 9.17) is 4.74 Å². The van der Waals surface area contributed by atoms with Crippen molar-refractivity contribution in [3.05, 3.63) is 24.3 Å². The lowest BCUT2D eigenvalue weighted by molar-refractivity contribution is -0.160. The fourth-order valence-electron chi connectivity index (χ4n) is 1.67. The van der Waals surface area contributed by atoms with E-state index in [1.807, 2.05) is 24.3 Å². The minimum absolute atomic E-state index is 0.135. The van der Waals surface area contributed by atoms with Crippen LogP contribution >= 0.6 is 23.1 Å². The van der Waals surface area contributed by atoms with Gasteiger partial charge in [-0.05, 0) is 12.1 Å². The summed E-state index contributed by atoms with van der Waals surface area (Å²) in [5.74, 6) is 1.07. The number of benzene rings is 1. The van der Waals surface area contributed by atoms with Crippen LogP contribution in [-0.4, -0.2) is 48.5 Å². The Morgan fingerprint density at radius 2 is 2.08 bits per heavy atom. The number of aromatic nitrogens is 2. The van der Waals surface area contributed by atoms with Crippen molar-refractivity contribution in [3.63, 3.8) is 0 Å². The highest BCUT2D eigenvalue weighted by Gasteiger charge is 2.29. The summed E-state index contributed by atoms with van der Waals surface area (Å²) in [6.45, 7) is -1.48. The van der Waals surface area contributed by atoms with Crippen LogP contribution in [0.2, 0.25) is 0 Å². The van der Waals surface area contributed by atoms with Gasteiger partial charge in [-0.3, -0.25) is 0 Å². The summed E-state index contributed by atoms with van der Waals surface area (Å²) >= 11 is 2.61. The molecule has 0 unspecified atom stereocenters. The maximum absolute atomic E-state index is 11.9. The Morgan fingerprint density at radius 3 is 2.81 bits per heavy atom. The summed E-state index contributed by atoms with van der Waals surface area (Å²) in [7, 11) is 1.56. The highest BCUT2D eigenvalue weighted by atomic mass is 32.2. The van der Waals surface area contributed by atoms with Crippen molar-refractivity contribution in [3.8, 4) is 5.75 Å². The van der Waals surface area contributed by atoms with Crippen molar-refractivity contribution in [2.75, 3.05) is 31.3 Å². The van der Waals surface area contributed by atoms with Crippen LogP contribution in [0.5, 0.6) is 5.75 Å². The molecule has 0 bridgehead atoms. The Kier molecular flexibility index (Phi) is 7.33. The van der Waals surface area contributed by atoms with Crippen LogP contribution in [0.1, 0.15) is 0 Å². The monoisotopic (exact) mass is 408 g/mol. The molecule has 1 amide bonds. The van der Waals surface area contributed by atoms with Crippen molar-refractivity contribution < 1.29 is 27.4 Å². The lowest BCUT2D eigenvalue weighted by atomic mass is 10.3. The summed E-state index contributed by atoms with van der Waals surface area (Å²) in [4.78, 5) is 11.1. The maximum Gasteiger partial charge on any atom is 0.422 e. The van der Waals surface area contributed by atoms with E-state index in [0.717, 1.165) is 5.69 Å². The second-order valence-electron chi connectivity index (χ2n) is 4.66. The first-order valence-electron chi connectivity index (χ1n) is 7.21. The van der Waals surface area contributed by atoms with Crippen LogP contribution in [0.4, 0.5) is 28.8 Å². The van der Waals surface area contributed by atoms with Crippen LogP contribution in [-0.2, 0) is 4.74 Å². The van der Waals surface area contributed by atoms with Crippen molar-refractivity contribution in [2.45, 2.75) is 10.5 Å². The first-order chi connectivity index (χ1) is 12.4. The first kappa shape index (κ1) is 20.1. The average molecular weight is 408 g/mol. The molecule has 0 aliphatic carbocycles. The van der Waals surface area contributed by atoms with Crippen molar-refractivity contribution >= 4 is 40.0 Å². The Morgan fingerprint density at radius 1 is 1.31 bits per heavy atom. The number of hydrogen-bond donors (Lipinski definition) is 2. The molecule has 7 nitrogen and oxygen atoms in total. The summed E-state index contributed by atoms with van der Waals surface area (Å²) in [5.41, 5.74) is 0.747. The number of amides is 1. The van der Waals surface area contributed by atoms with Crippen molar-refractivity contribution in [1.29, 1.82) is 0 Å². The van der Waals surface area contributed by atoms with Gasteiger partial charge in [0.2, 0.25) is 5.13 Å². The van der Waals surface area contributed by atoms with E-state index in [9.17, 15) is 18.0 Å². The number of carbonyl (C=O) groups excluding carboxylic acids is 1. The molecule has 0 radical (unpaired) electrons. The zero-order valence-corrected chi connectivity index (χ0v) is 15.1. The predicted octanol–water partition coefficient (Wildman–Crippen LogP) is 3.67. The zero-order chi connectivity index (χ0) is 19.0. The van der Waals surface area contributed by atoms with Gasteiger partial charge in [0.25, 0.3) is 0 Å². The Hall–Kier alpha value is -2.21. The Labute approximate surface area is 155 Å². The number of alkyl halides is 3. The lowest BCUT2D eigenvalue weighted by Crippen LogP contribution is -2.30. The Bertz CT molecular complexity index is 727. The molecular formula is C14H15F3N4O3S2. The SMILES string of the molecule is COc1ccccc1Nc1nnc(SCCNC(=O)OCC(F)(F)F)s1. The van der Waals surface area contributed by atoms with Gasteiger partial charge in [0.1, 0.15) is 5.75 Å². The van der Waals surface area contributed by atoms with Crippen LogP contribution in [0.25, 0.3) is 0 Å². The standard InChI is InChI=1S/C14H15F3N4O3S2/c1-23-10-5-3-2-4-9(10)19-11-20-21-13(26-11)25-7-6-18-12(22)24-8-14(15,16)17/h2-5H,6-8H2,1H3,(H,18,22)(H,19,20). The molecule has 0 fully saturated rings. The third kappa shape index (κ3) is 6.96. The molecule has 2 N–H and O–H groups in total. The van der Waals surface area contributed by atoms with Crippen molar-refractivity contribution in [1.82, 2.24) is 15.5 Å². The van der Waals surface area contributed by atoms with E-state index in [1.165, 1.54) is 23.1 Å². The molecular weight excluding hydrogens is 393 g/mol. The second-order valence-corrected chi connectivity index (χ2v) is 6.98. The largest absolute Gasteiger partial charge is 0.495 e. The number of para-hydroxylation sites is 2. The number of halogens is 3. The molecule has 0 spiro atoms. The van der Waals surface area contributed by atoms with E-state index in [2.05, 4.69) is 25.6 Å².